The first kappa shape index (κ1) is 9.44. The third kappa shape index (κ3) is 4.33. The van der Waals surface area contributed by atoms with E-state index in [2.05, 4.69) is 24.9 Å². The highest BCUT2D eigenvalue weighted by Gasteiger charge is 1.86. The highest BCUT2D eigenvalue weighted by Crippen LogP contribution is 2.04. The molecule has 0 fully saturated rings. The molecule has 0 saturated carbocycles. The highest BCUT2D eigenvalue weighted by molar-refractivity contribution is 5.23. The lowest BCUT2D eigenvalue weighted by Crippen LogP contribution is -2.06. The van der Waals surface area contributed by atoms with Crippen LogP contribution in [-0.4, -0.2) is 13.6 Å². The molecule has 0 unspecified atom stereocenters. The van der Waals surface area contributed by atoms with Crippen LogP contribution >= 0.6 is 0 Å². The molecule has 1 N–H and O–H groups in total. The van der Waals surface area contributed by atoms with Crippen LogP contribution in [0.3, 0.4) is 0 Å². The van der Waals surface area contributed by atoms with E-state index in [0.717, 1.165) is 18.5 Å². The van der Waals surface area contributed by atoms with Crippen molar-refractivity contribution in [3.05, 3.63) is 23.8 Å². The second-order valence-corrected chi connectivity index (χ2v) is 2.56. The van der Waals surface area contributed by atoms with Gasteiger partial charge in [0.2, 0.25) is 0 Å². The van der Waals surface area contributed by atoms with Crippen molar-refractivity contribution in [3.63, 3.8) is 0 Å². The van der Waals surface area contributed by atoms with Crippen LogP contribution in [0.2, 0.25) is 0 Å². The van der Waals surface area contributed by atoms with Gasteiger partial charge in [-0.25, -0.2) is 0 Å². The van der Waals surface area contributed by atoms with Crippen LogP contribution < -0.4 is 5.32 Å². The van der Waals surface area contributed by atoms with Crippen LogP contribution in [0.4, 0.5) is 0 Å². The largest absolute Gasteiger partial charge is 0.319 e. The lowest BCUT2D eigenvalue weighted by Gasteiger charge is -1.98. The zero-order chi connectivity index (χ0) is 7.98. The second kappa shape index (κ2) is 5.24. The summed E-state index contributed by atoms with van der Waals surface area (Å²) >= 11 is 0. The van der Waals surface area contributed by atoms with Gasteiger partial charge in [-0.3, -0.25) is 0 Å². The molecular formula is C9H17N. The summed E-state index contributed by atoms with van der Waals surface area (Å²) in [7, 11) is 1.96. The fraction of sp³-hybridized carbons (Fsp3) is 0.556. The van der Waals surface area contributed by atoms with Crippen molar-refractivity contribution in [1.82, 2.24) is 5.32 Å². The molecule has 0 heterocycles. The molecule has 0 aromatic carbocycles. The highest BCUT2D eigenvalue weighted by atomic mass is 14.8. The Kier molecular flexibility index (Phi) is 4.95. The fourth-order valence-electron chi connectivity index (χ4n) is 0.607. The van der Waals surface area contributed by atoms with E-state index in [0.29, 0.717) is 0 Å². The van der Waals surface area contributed by atoms with Crippen molar-refractivity contribution in [2.45, 2.75) is 20.3 Å². The normalized spacial score (nSPS) is 11.7. The molecule has 1 nitrogen and oxygen atoms in total. The van der Waals surface area contributed by atoms with Gasteiger partial charge in [0.1, 0.15) is 0 Å². The first-order valence-electron chi connectivity index (χ1n) is 3.65. The Balaban J connectivity index is 3.58. The molecule has 0 aliphatic carbocycles. The molecule has 0 aliphatic rings. The van der Waals surface area contributed by atoms with Crippen LogP contribution in [0, 0.1) is 0 Å². The SMILES string of the molecule is C=C(C)C(C)=CCCNC. The molecular weight excluding hydrogens is 122 g/mol. The molecule has 0 aliphatic heterocycles. The maximum absolute atomic E-state index is 3.85. The van der Waals surface area contributed by atoms with Crippen LogP contribution in [-0.2, 0) is 0 Å². The Labute approximate surface area is 63.8 Å². The topological polar surface area (TPSA) is 12.0 Å². The summed E-state index contributed by atoms with van der Waals surface area (Å²) in [6, 6.07) is 0. The summed E-state index contributed by atoms with van der Waals surface area (Å²) in [5, 5.41) is 3.09. The molecule has 10 heavy (non-hydrogen) atoms. The molecule has 0 bridgehead atoms. The van der Waals surface area contributed by atoms with Gasteiger partial charge in [0.25, 0.3) is 0 Å². The van der Waals surface area contributed by atoms with Crippen molar-refractivity contribution in [2.75, 3.05) is 13.6 Å². The van der Waals surface area contributed by atoms with Crippen molar-refractivity contribution < 1.29 is 0 Å². The lowest BCUT2D eigenvalue weighted by molar-refractivity contribution is 0.805. The Morgan fingerprint density at radius 1 is 1.50 bits per heavy atom. The predicted octanol–water partition coefficient (Wildman–Crippen LogP) is 2.12. The zero-order valence-electron chi connectivity index (χ0n) is 7.20. The van der Waals surface area contributed by atoms with Gasteiger partial charge in [-0.05, 0) is 33.9 Å². The predicted molar refractivity (Wildman–Crippen MR) is 47.1 cm³/mol. The van der Waals surface area contributed by atoms with Gasteiger partial charge in [-0.1, -0.05) is 23.8 Å². The number of hydrogen-bond acceptors (Lipinski definition) is 1. The molecule has 0 spiro atoms. The minimum Gasteiger partial charge on any atom is -0.319 e. The Morgan fingerprint density at radius 3 is 2.50 bits per heavy atom. The van der Waals surface area contributed by atoms with E-state index in [1.165, 1.54) is 5.57 Å². The van der Waals surface area contributed by atoms with Crippen molar-refractivity contribution in [2.24, 2.45) is 0 Å². The van der Waals surface area contributed by atoms with Gasteiger partial charge < -0.3 is 5.32 Å². The van der Waals surface area contributed by atoms with E-state index in [1.807, 2.05) is 14.0 Å². The molecule has 0 saturated heterocycles. The Bertz CT molecular complexity index is 134. The summed E-state index contributed by atoms with van der Waals surface area (Å²) in [5.74, 6) is 0. The molecule has 0 aromatic rings. The third-order valence-electron chi connectivity index (χ3n) is 1.52. The molecule has 0 atom stereocenters. The standard InChI is InChI=1S/C9H17N/c1-8(2)9(3)6-5-7-10-4/h6,10H,1,5,7H2,2-4H3. The first-order chi connectivity index (χ1) is 4.68. The minimum absolute atomic E-state index is 1.05. The fourth-order valence-corrected chi connectivity index (χ4v) is 0.607. The van der Waals surface area contributed by atoms with Crippen LogP contribution in [0.15, 0.2) is 23.8 Å². The summed E-state index contributed by atoms with van der Waals surface area (Å²) in [4.78, 5) is 0. The summed E-state index contributed by atoms with van der Waals surface area (Å²) in [5.41, 5.74) is 2.46. The van der Waals surface area contributed by atoms with Gasteiger partial charge >= 0.3 is 0 Å². The maximum atomic E-state index is 3.85. The molecule has 58 valence electrons. The van der Waals surface area contributed by atoms with E-state index < -0.39 is 0 Å². The van der Waals surface area contributed by atoms with Crippen molar-refractivity contribution in [1.29, 1.82) is 0 Å². The van der Waals surface area contributed by atoms with E-state index >= 15 is 0 Å². The van der Waals surface area contributed by atoms with Gasteiger partial charge in [-0.15, -0.1) is 0 Å². The second-order valence-electron chi connectivity index (χ2n) is 2.56. The summed E-state index contributed by atoms with van der Waals surface area (Å²) in [6.45, 7) is 9.02. The molecule has 0 rings (SSSR count). The van der Waals surface area contributed by atoms with Gasteiger partial charge in [0, 0.05) is 0 Å². The van der Waals surface area contributed by atoms with E-state index in [1.54, 1.807) is 0 Å². The van der Waals surface area contributed by atoms with E-state index in [4.69, 9.17) is 0 Å². The van der Waals surface area contributed by atoms with Crippen LogP contribution in [0.1, 0.15) is 20.3 Å². The number of rotatable bonds is 4. The monoisotopic (exact) mass is 139 g/mol. The van der Waals surface area contributed by atoms with E-state index in [-0.39, 0.29) is 0 Å². The molecule has 0 aromatic heterocycles. The minimum atomic E-state index is 1.05. The van der Waals surface area contributed by atoms with Gasteiger partial charge in [0.05, 0.1) is 0 Å². The molecule has 1 heteroatoms. The lowest BCUT2D eigenvalue weighted by atomic mass is 10.1. The number of nitrogens with one attached hydrogen (secondary N) is 1. The Hall–Kier alpha value is -0.560. The Morgan fingerprint density at radius 2 is 2.10 bits per heavy atom. The number of hydrogen-bond donors (Lipinski definition) is 1. The summed E-state index contributed by atoms with van der Waals surface area (Å²) < 4.78 is 0. The van der Waals surface area contributed by atoms with Gasteiger partial charge in [-0.2, -0.15) is 0 Å². The van der Waals surface area contributed by atoms with Gasteiger partial charge in [0.15, 0.2) is 0 Å². The average Bonchev–Trinajstić information content (AvgIpc) is 1.88. The third-order valence-corrected chi connectivity index (χ3v) is 1.52. The smallest absolute Gasteiger partial charge is 0.00171 e. The van der Waals surface area contributed by atoms with Crippen LogP contribution in [0.25, 0.3) is 0 Å². The van der Waals surface area contributed by atoms with Crippen LogP contribution in [0.5, 0.6) is 0 Å². The molecule has 0 radical (unpaired) electrons. The number of allylic oxidation sites excluding steroid dienone is 2. The van der Waals surface area contributed by atoms with Crippen molar-refractivity contribution >= 4 is 0 Å². The van der Waals surface area contributed by atoms with E-state index in [9.17, 15) is 0 Å². The molecule has 0 amide bonds. The average molecular weight is 139 g/mol. The quantitative estimate of drug-likeness (QED) is 0.464. The first-order valence-corrected chi connectivity index (χ1v) is 3.65. The van der Waals surface area contributed by atoms with Crippen molar-refractivity contribution in [3.8, 4) is 0 Å². The summed E-state index contributed by atoms with van der Waals surface area (Å²) in [6.07, 6.45) is 3.30. The maximum Gasteiger partial charge on any atom is -0.00171 e. The zero-order valence-corrected chi connectivity index (χ0v) is 7.20.